The Labute approximate surface area is 106 Å². The molecule has 0 amide bonds. The zero-order valence-electron chi connectivity index (χ0n) is 10.5. The van der Waals surface area contributed by atoms with E-state index in [1.54, 1.807) is 6.07 Å². The summed E-state index contributed by atoms with van der Waals surface area (Å²) in [6, 6.07) is 8.59. The van der Waals surface area contributed by atoms with Crippen LogP contribution in [0.4, 0.5) is 10.2 Å². The fourth-order valence-electron chi connectivity index (χ4n) is 1.95. The standard InChI is InChI=1S/C14H16FN3/c1-9-3-13(18-14(16)4-9)11-5-10(8-17-2)6-12(15)7-11/h3-7,17H,8H2,1-2H3,(H2,16,18). The van der Waals surface area contributed by atoms with Crippen LogP contribution in [0, 0.1) is 12.7 Å². The molecular weight excluding hydrogens is 229 g/mol. The molecule has 1 aromatic heterocycles. The molecule has 1 heterocycles. The Balaban J connectivity index is 2.49. The van der Waals surface area contributed by atoms with Crippen molar-refractivity contribution in [2.75, 3.05) is 12.8 Å². The summed E-state index contributed by atoms with van der Waals surface area (Å²) in [5, 5.41) is 3.00. The van der Waals surface area contributed by atoms with Crippen molar-refractivity contribution < 1.29 is 4.39 Å². The van der Waals surface area contributed by atoms with Gasteiger partial charge in [-0.1, -0.05) is 0 Å². The lowest BCUT2D eigenvalue weighted by Crippen LogP contribution is -2.05. The number of benzene rings is 1. The Kier molecular flexibility index (Phi) is 3.58. The number of pyridine rings is 1. The molecule has 0 radical (unpaired) electrons. The summed E-state index contributed by atoms with van der Waals surface area (Å²) in [6.45, 7) is 2.56. The predicted octanol–water partition coefficient (Wildman–Crippen LogP) is 2.50. The van der Waals surface area contributed by atoms with E-state index in [2.05, 4.69) is 10.3 Å². The number of halogens is 1. The van der Waals surface area contributed by atoms with Gasteiger partial charge in [-0.2, -0.15) is 0 Å². The number of nitrogen functional groups attached to an aromatic ring is 1. The maximum absolute atomic E-state index is 13.6. The molecule has 3 N–H and O–H groups in total. The van der Waals surface area contributed by atoms with Crippen LogP contribution in [-0.2, 0) is 6.54 Å². The number of anilines is 1. The van der Waals surface area contributed by atoms with Gasteiger partial charge in [0.05, 0.1) is 5.69 Å². The van der Waals surface area contributed by atoms with Gasteiger partial charge in [0, 0.05) is 12.1 Å². The van der Waals surface area contributed by atoms with Gasteiger partial charge in [-0.3, -0.25) is 0 Å². The Morgan fingerprint density at radius 2 is 2.00 bits per heavy atom. The Morgan fingerprint density at radius 1 is 1.22 bits per heavy atom. The van der Waals surface area contributed by atoms with E-state index in [9.17, 15) is 4.39 Å². The first-order valence-corrected chi connectivity index (χ1v) is 5.77. The molecule has 0 saturated carbocycles. The average molecular weight is 245 g/mol. The first-order valence-electron chi connectivity index (χ1n) is 5.77. The smallest absolute Gasteiger partial charge is 0.124 e. The summed E-state index contributed by atoms with van der Waals surface area (Å²) in [5.41, 5.74) is 9.05. The molecule has 3 nitrogen and oxygen atoms in total. The molecule has 0 saturated heterocycles. The molecule has 0 unspecified atom stereocenters. The van der Waals surface area contributed by atoms with E-state index in [-0.39, 0.29) is 5.82 Å². The van der Waals surface area contributed by atoms with Gasteiger partial charge in [-0.05, 0) is 55.4 Å². The van der Waals surface area contributed by atoms with Crippen LogP contribution in [0.15, 0.2) is 30.3 Å². The highest BCUT2D eigenvalue weighted by molar-refractivity contribution is 5.63. The highest BCUT2D eigenvalue weighted by Gasteiger charge is 2.05. The van der Waals surface area contributed by atoms with Crippen LogP contribution in [0.1, 0.15) is 11.1 Å². The molecule has 0 spiro atoms. The topological polar surface area (TPSA) is 50.9 Å². The maximum atomic E-state index is 13.6. The molecule has 2 rings (SSSR count). The Hall–Kier alpha value is -1.94. The molecule has 0 fully saturated rings. The second-order valence-corrected chi connectivity index (χ2v) is 4.33. The molecule has 0 aliphatic rings. The highest BCUT2D eigenvalue weighted by Crippen LogP contribution is 2.22. The molecule has 18 heavy (non-hydrogen) atoms. The zero-order chi connectivity index (χ0) is 13.1. The number of nitrogens with one attached hydrogen (secondary N) is 1. The minimum atomic E-state index is -0.264. The SMILES string of the molecule is CNCc1cc(F)cc(-c2cc(C)cc(N)n2)c1. The van der Waals surface area contributed by atoms with E-state index in [0.717, 1.165) is 16.7 Å². The van der Waals surface area contributed by atoms with Crippen molar-refractivity contribution in [3.05, 3.63) is 47.3 Å². The fourth-order valence-corrected chi connectivity index (χ4v) is 1.95. The first kappa shape index (κ1) is 12.5. The van der Waals surface area contributed by atoms with Gasteiger partial charge in [-0.25, -0.2) is 9.37 Å². The van der Waals surface area contributed by atoms with E-state index in [1.165, 1.54) is 12.1 Å². The molecule has 4 heteroatoms. The third-order valence-electron chi connectivity index (χ3n) is 2.62. The second kappa shape index (κ2) is 5.14. The summed E-state index contributed by atoms with van der Waals surface area (Å²) < 4.78 is 13.6. The molecule has 0 aliphatic carbocycles. The second-order valence-electron chi connectivity index (χ2n) is 4.33. The lowest BCUT2D eigenvalue weighted by atomic mass is 10.1. The summed E-state index contributed by atoms with van der Waals surface area (Å²) in [4.78, 5) is 4.24. The van der Waals surface area contributed by atoms with Gasteiger partial charge in [0.25, 0.3) is 0 Å². The van der Waals surface area contributed by atoms with Crippen molar-refractivity contribution in [3.63, 3.8) is 0 Å². The average Bonchev–Trinajstić information content (AvgIpc) is 2.27. The van der Waals surface area contributed by atoms with Gasteiger partial charge >= 0.3 is 0 Å². The van der Waals surface area contributed by atoms with E-state index in [1.807, 2.05) is 26.1 Å². The third-order valence-corrected chi connectivity index (χ3v) is 2.62. The number of nitrogens with two attached hydrogens (primary N) is 1. The van der Waals surface area contributed by atoms with Crippen LogP contribution in [0.2, 0.25) is 0 Å². The lowest BCUT2D eigenvalue weighted by molar-refractivity contribution is 0.624. The van der Waals surface area contributed by atoms with Gasteiger partial charge in [0.15, 0.2) is 0 Å². The third kappa shape index (κ3) is 2.84. The quantitative estimate of drug-likeness (QED) is 0.873. The minimum absolute atomic E-state index is 0.264. The summed E-state index contributed by atoms with van der Waals surface area (Å²) in [7, 11) is 1.83. The van der Waals surface area contributed by atoms with Gasteiger partial charge in [-0.15, -0.1) is 0 Å². The van der Waals surface area contributed by atoms with Crippen molar-refractivity contribution >= 4 is 5.82 Å². The summed E-state index contributed by atoms with van der Waals surface area (Å²) in [5.74, 6) is 0.184. The maximum Gasteiger partial charge on any atom is 0.124 e. The largest absolute Gasteiger partial charge is 0.384 e. The first-order chi connectivity index (χ1) is 8.58. The molecule has 0 aliphatic heterocycles. The number of nitrogens with zero attached hydrogens (tertiary/aromatic N) is 1. The summed E-state index contributed by atoms with van der Waals surface area (Å²) in [6.07, 6.45) is 0. The molecule has 0 atom stereocenters. The Morgan fingerprint density at radius 3 is 2.67 bits per heavy atom. The van der Waals surface area contributed by atoms with Crippen molar-refractivity contribution in [3.8, 4) is 11.3 Å². The van der Waals surface area contributed by atoms with Crippen LogP contribution < -0.4 is 11.1 Å². The van der Waals surface area contributed by atoms with Crippen molar-refractivity contribution in [1.82, 2.24) is 10.3 Å². The van der Waals surface area contributed by atoms with Crippen LogP contribution in [0.3, 0.4) is 0 Å². The number of hydrogen-bond donors (Lipinski definition) is 2. The number of rotatable bonds is 3. The van der Waals surface area contributed by atoms with Crippen molar-refractivity contribution in [2.45, 2.75) is 13.5 Å². The molecule has 2 aromatic rings. The van der Waals surface area contributed by atoms with E-state index < -0.39 is 0 Å². The number of aryl methyl sites for hydroxylation is 1. The van der Waals surface area contributed by atoms with Crippen molar-refractivity contribution in [1.29, 1.82) is 0 Å². The monoisotopic (exact) mass is 245 g/mol. The van der Waals surface area contributed by atoms with Crippen LogP contribution in [0.5, 0.6) is 0 Å². The van der Waals surface area contributed by atoms with Gasteiger partial charge in [0.2, 0.25) is 0 Å². The molecule has 1 aromatic carbocycles. The van der Waals surface area contributed by atoms with Crippen LogP contribution >= 0.6 is 0 Å². The van der Waals surface area contributed by atoms with E-state index in [4.69, 9.17) is 5.73 Å². The lowest BCUT2D eigenvalue weighted by Gasteiger charge is -2.07. The highest BCUT2D eigenvalue weighted by atomic mass is 19.1. The fraction of sp³-hybridized carbons (Fsp3) is 0.214. The number of aromatic nitrogens is 1. The molecule has 0 bridgehead atoms. The molecule has 94 valence electrons. The van der Waals surface area contributed by atoms with Crippen LogP contribution in [-0.4, -0.2) is 12.0 Å². The normalized spacial score (nSPS) is 10.6. The Bertz CT molecular complexity index is 547. The molecular formula is C14H16FN3. The van der Waals surface area contributed by atoms with E-state index >= 15 is 0 Å². The van der Waals surface area contributed by atoms with Crippen LogP contribution in [0.25, 0.3) is 11.3 Å². The number of hydrogen-bond acceptors (Lipinski definition) is 3. The van der Waals surface area contributed by atoms with Crippen molar-refractivity contribution in [2.24, 2.45) is 0 Å². The zero-order valence-corrected chi connectivity index (χ0v) is 10.5. The van der Waals surface area contributed by atoms with Gasteiger partial charge < -0.3 is 11.1 Å². The van der Waals surface area contributed by atoms with Gasteiger partial charge in [0.1, 0.15) is 11.6 Å². The minimum Gasteiger partial charge on any atom is -0.384 e. The van der Waals surface area contributed by atoms with E-state index in [0.29, 0.717) is 18.1 Å². The predicted molar refractivity (Wildman–Crippen MR) is 71.5 cm³/mol. The summed E-state index contributed by atoms with van der Waals surface area (Å²) >= 11 is 0.